The van der Waals surface area contributed by atoms with Crippen LogP contribution in [0.3, 0.4) is 0 Å². The van der Waals surface area contributed by atoms with Crippen molar-refractivity contribution in [2.75, 3.05) is 5.75 Å². The molecule has 0 unspecified atom stereocenters. The first kappa shape index (κ1) is 21.6. The van der Waals surface area contributed by atoms with Gasteiger partial charge in [0.05, 0.1) is 17.1 Å². The highest BCUT2D eigenvalue weighted by Gasteiger charge is 2.15. The first-order chi connectivity index (χ1) is 13.4. The molecule has 28 heavy (non-hydrogen) atoms. The Morgan fingerprint density at radius 3 is 2.71 bits per heavy atom. The predicted molar refractivity (Wildman–Crippen MR) is 128 cm³/mol. The van der Waals surface area contributed by atoms with Gasteiger partial charge in [0.1, 0.15) is 0 Å². The number of allylic oxidation sites excluding steroid dienone is 13. The Labute approximate surface area is 173 Å². The molecule has 0 atom stereocenters. The molecule has 0 aromatic carbocycles. The third kappa shape index (κ3) is 6.21. The lowest BCUT2D eigenvalue weighted by molar-refractivity contribution is 1.30. The van der Waals surface area contributed by atoms with Crippen LogP contribution in [0.15, 0.2) is 117 Å². The van der Waals surface area contributed by atoms with E-state index in [0.29, 0.717) is 0 Å². The van der Waals surface area contributed by atoms with E-state index < -0.39 is 0 Å². The molecule has 0 aromatic heterocycles. The molecule has 0 amide bonds. The van der Waals surface area contributed by atoms with Crippen LogP contribution in [0.4, 0.5) is 0 Å². The smallest absolute Gasteiger partial charge is 0.0896 e. The van der Waals surface area contributed by atoms with Gasteiger partial charge in [-0.1, -0.05) is 49.6 Å². The summed E-state index contributed by atoms with van der Waals surface area (Å²) >= 11 is 1.84. The highest BCUT2D eigenvalue weighted by Crippen LogP contribution is 2.32. The van der Waals surface area contributed by atoms with Gasteiger partial charge in [-0.25, -0.2) is 4.99 Å². The summed E-state index contributed by atoms with van der Waals surface area (Å²) in [6, 6.07) is 0. The summed E-state index contributed by atoms with van der Waals surface area (Å²) in [7, 11) is 0. The Morgan fingerprint density at radius 2 is 2.00 bits per heavy atom. The SMILES string of the molecule is C=C/C=C/C(=N\C=C(C)\C=C/C)C1=NC(=C)/C(C)=C/C=C2/C=C(C)SC/C2=C/1. The molecule has 2 nitrogen and oxygen atoms in total. The van der Waals surface area contributed by atoms with E-state index in [4.69, 9.17) is 9.98 Å². The van der Waals surface area contributed by atoms with Crippen LogP contribution < -0.4 is 0 Å². The zero-order chi connectivity index (χ0) is 20.5. The van der Waals surface area contributed by atoms with Crippen molar-refractivity contribution in [2.24, 2.45) is 9.98 Å². The number of hydrogen-bond donors (Lipinski definition) is 0. The van der Waals surface area contributed by atoms with Crippen molar-refractivity contribution in [2.45, 2.75) is 27.7 Å². The minimum Gasteiger partial charge on any atom is -0.254 e. The van der Waals surface area contributed by atoms with Crippen molar-refractivity contribution >= 4 is 23.2 Å². The van der Waals surface area contributed by atoms with Crippen molar-refractivity contribution in [1.82, 2.24) is 0 Å². The number of thioether (sulfide) groups is 1. The zero-order valence-corrected chi connectivity index (χ0v) is 18.0. The van der Waals surface area contributed by atoms with Crippen LogP contribution in [0.1, 0.15) is 27.7 Å². The number of aliphatic imine (C=N–C) groups is 2. The molecule has 0 N–H and O–H groups in total. The van der Waals surface area contributed by atoms with E-state index in [0.717, 1.165) is 34.0 Å². The van der Waals surface area contributed by atoms with Gasteiger partial charge in [-0.05, 0) is 73.1 Å². The van der Waals surface area contributed by atoms with Gasteiger partial charge in [0, 0.05) is 12.0 Å². The summed E-state index contributed by atoms with van der Waals surface area (Å²) in [6.45, 7) is 16.1. The topological polar surface area (TPSA) is 24.7 Å². The van der Waals surface area contributed by atoms with Gasteiger partial charge in [-0.15, -0.1) is 11.8 Å². The molecule has 2 rings (SSSR count). The lowest BCUT2D eigenvalue weighted by Gasteiger charge is -2.16. The fraction of sp³-hybridized carbons (Fsp3) is 0.200. The minimum atomic E-state index is 0.740. The monoisotopic (exact) mass is 388 g/mol. The highest BCUT2D eigenvalue weighted by atomic mass is 32.2. The molecule has 3 heteroatoms. The maximum absolute atomic E-state index is 4.81. The summed E-state index contributed by atoms with van der Waals surface area (Å²) in [5.74, 6) is 0.915. The Balaban J connectivity index is 2.64. The molecule has 0 bridgehead atoms. The van der Waals surface area contributed by atoms with Gasteiger partial charge in [0.2, 0.25) is 0 Å². The molecule has 144 valence electrons. The van der Waals surface area contributed by atoms with E-state index in [2.05, 4.69) is 44.4 Å². The van der Waals surface area contributed by atoms with Crippen LogP contribution in [0.25, 0.3) is 0 Å². The third-order valence-corrected chi connectivity index (χ3v) is 5.24. The molecule has 2 heterocycles. The largest absolute Gasteiger partial charge is 0.254 e. The Hall–Kier alpha value is -2.65. The molecule has 0 radical (unpaired) electrons. The van der Waals surface area contributed by atoms with Crippen LogP contribution in [-0.4, -0.2) is 17.2 Å². The number of nitrogens with zero attached hydrogens (tertiary/aromatic N) is 2. The van der Waals surface area contributed by atoms with Crippen LogP contribution in [0.2, 0.25) is 0 Å². The van der Waals surface area contributed by atoms with Gasteiger partial charge in [0.15, 0.2) is 0 Å². The molecule has 2 aliphatic heterocycles. The van der Waals surface area contributed by atoms with Crippen molar-refractivity contribution in [3.05, 3.63) is 107 Å². The molecule has 2 aliphatic rings. The summed E-state index contributed by atoms with van der Waals surface area (Å²) in [4.78, 5) is 10.8. The lowest BCUT2D eigenvalue weighted by atomic mass is 10.0. The molecular weight excluding hydrogens is 360 g/mol. The average Bonchev–Trinajstić information content (AvgIpc) is 2.72. The first-order valence-electron chi connectivity index (χ1n) is 9.30. The van der Waals surface area contributed by atoms with Crippen molar-refractivity contribution in [3.8, 4) is 0 Å². The van der Waals surface area contributed by atoms with E-state index in [9.17, 15) is 0 Å². The van der Waals surface area contributed by atoms with Gasteiger partial charge < -0.3 is 0 Å². The fourth-order valence-electron chi connectivity index (χ4n) is 2.61. The number of rotatable bonds is 5. The summed E-state index contributed by atoms with van der Waals surface area (Å²) in [6.07, 6.45) is 20.0. The van der Waals surface area contributed by atoms with Crippen LogP contribution in [0.5, 0.6) is 0 Å². The number of hydrogen-bond acceptors (Lipinski definition) is 3. The molecule has 0 saturated carbocycles. The van der Waals surface area contributed by atoms with Crippen LogP contribution >= 0.6 is 11.8 Å². The molecule has 0 aliphatic carbocycles. The Morgan fingerprint density at radius 1 is 1.21 bits per heavy atom. The lowest BCUT2D eigenvalue weighted by Crippen LogP contribution is -2.12. The maximum atomic E-state index is 4.81. The minimum absolute atomic E-state index is 0.740. The Bertz CT molecular complexity index is 926. The fourth-order valence-corrected chi connectivity index (χ4v) is 3.46. The molecule has 0 saturated heterocycles. The van der Waals surface area contributed by atoms with E-state index in [1.54, 1.807) is 6.08 Å². The first-order valence-corrected chi connectivity index (χ1v) is 10.3. The average molecular weight is 389 g/mol. The van der Waals surface area contributed by atoms with Gasteiger partial charge in [0.25, 0.3) is 0 Å². The normalized spacial score (nSPS) is 24.7. The Kier molecular flexibility index (Phi) is 8.21. The van der Waals surface area contributed by atoms with Gasteiger partial charge in [-0.2, -0.15) is 0 Å². The van der Waals surface area contributed by atoms with Crippen molar-refractivity contribution < 1.29 is 0 Å². The molecule has 0 fully saturated rings. The second-order valence-electron chi connectivity index (χ2n) is 6.61. The van der Waals surface area contributed by atoms with Gasteiger partial charge in [-0.3, -0.25) is 4.99 Å². The van der Waals surface area contributed by atoms with E-state index in [1.807, 2.05) is 63.0 Å². The van der Waals surface area contributed by atoms with Crippen LogP contribution in [-0.2, 0) is 0 Å². The van der Waals surface area contributed by atoms with Gasteiger partial charge >= 0.3 is 0 Å². The number of fused-ring (bicyclic) bond motifs is 1. The summed E-state index contributed by atoms with van der Waals surface area (Å²) in [5, 5.41) is 0. The predicted octanol–water partition coefficient (Wildman–Crippen LogP) is 7.07. The standard InChI is InChI=1S/C25H28N2S/c1-7-9-11-24(26-16-18(3)10-8-2)25-15-23-17-28-20(5)14-22(23)13-12-19(4)21(6)27-25/h7-16H,1,6,17H2,2-5H3/b10-8-,11-9+,18-16+,19-12+,22-13-,23-15-,26-24+,27-25?. The maximum Gasteiger partial charge on any atom is 0.0896 e. The summed E-state index contributed by atoms with van der Waals surface area (Å²) in [5.41, 5.74) is 6.89. The summed E-state index contributed by atoms with van der Waals surface area (Å²) < 4.78 is 0. The molecule has 0 spiro atoms. The zero-order valence-electron chi connectivity index (χ0n) is 17.2. The van der Waals surface area contributed by atoms with Crippen molar-refractivity contribution in [1.29, 1.82) is 0 Å². The van der Waals surface area contributed by atoms with Crippen LogP contribution in [0, 0.1) is 0 Å². The third-order valence-electron chi connectivity index (χ3n) is 4.21. The van der Waals surface area contributed by atoms with Crippen molar-refractivity contribution in [3.63, 3.8) is 0 Å². The second-order valence-corrected chi connectivity index (χ2v) is 7.83. The van der Waals surface area contributed by atoms with E-state index in [-0.39, 0.29) is 0 Å². The highest BCUT2D eigenvalue weighted by molar-refractivity contribution is 8.03. The second kappa shape index (κ2) is 10.6. The molecule has 0 aromatic rings. The quantitative estimate of drug-likeness (QED) is 0.365. The van der Waals surface area contributed by atoms with E-state index in [1.165, 1.54) is 16.1 Å². The van der Waals surface area contributed by atoms with E-state index >= 15 is 0 Å². The molecular formula is C25H28N2S.